The van der Waals surface area contributed by atoms with Gasteiger partial charge in [0.2, 0.25) is 11.9 Å². The second kappa shape index (κ2) is 6.78. The van der Waals surface area contributed by atoms with Crippen LogP contribution in [0.4, 0.5) is 5.95 Å². The van der Waals surface area contributed by atoms with Crippen LogP contribution in [0.15, 0.2) is 12.1 Å². The average molecular weight is 319 g/mol. The molecule has 0 radical (unpaired) electrons. The number of nitrogens with one attached hydrogen (secondary N) is 2. The average Bonchev–Trinajstić information content (AvgIpc) is 2.98. The number of amides is 1. The summed E-state index contributed by atoms with van der Waals surface area (Å²) in [5.74, 6) is 1.22. The van der Waals surface area contributed by atoms with E-state index in [1.165, 1.54) is 30.2 Å². The number of hydrogen-bond donors (Lipinski definition) is 2. The summed E-state index contributed by atoms with van der Waals surface area (Å²) >= 11 is 8.85. The smallest absolute Gasteiger partial charge is 0.336 e. The van der Waals surface area contributed by atoms with Crippen molar-refractivity contribution >= 4 is 46.6 Å². The van der Waals surface area contributed by atoms with Crippen LogP contribution in [0.2, 0.25) is 4.34 Å². The number of aromatic nitrogens is 3. The van der Waals surface area contributed by atoms with E-state index >= 15 is 0 Å². The van der Waals surface area contributed by atoms with Crippen molar-refractivity contribution in [3.05, 3.63) is 21.3 Å². The molecule has 0 aliphatic rings. The standard InChI is InChI=1S/C10H11ClN4O2S2/c1-17-10-13-9(14-15-10)12-8(16)5-18-4-6-2-3-7(11)19-6/h2-3H,4-5H2,1H3,(H2,12,13,14,15,16). The number of rotatable bonds is 6. The zero-order valence-corrected chi connectivity index (χ0v) is 12.4. The summed E-state index contributed by atoms with van der Waals surface area (Å²) in [7, 11) is 1.46. The number of ether oxygens (including phenoxy) is 1. The Labute approximate surface area is 122 Å². The SMILES string of the molecule is COc1n[nH]c(NC(=O)CSCc2ccc(Cl)s2)n1. The van der Waals surface area contributed by atoms with Crippen molar-refractivity contribution in [2.75, 3.05) is 18.2 Å². The van der Waals surface area contributed by atoms with Gasteiger partial charge in [0.05, 0.1) is 17.2 Å². The largest absolute Gasteiger partial charge is 0.466 e. The number of carbonyl (C=O) groups is 1. The van der Waals surface area contributed by atoms with Gasteiger partial charge < -0.3 is 4.74 Å². The van der Waals surface area contributed by atoms with Gasteiger partial charge in [0.1, 0.15) is 0 Å². The Morgan fingerprint density at radius 1 is 1.63 bits per heavy atom. The molecule has 0 saturated carbocycles. The third-order valence-electron chi connectivity index (χ3n) is 2.01. The maximum Gasteiger partial charge on any atom is 0.336 e. The molecule has 0 spiro atoms. The highest BCUT2D eigenvalue weighted by Gasteiger charge is 2.08. The molecular formula is C10H11ClN4O2S2. The van der Waals surface area contributed by atoms with Gasteiger partial charge in [0.25, 0.3) is 0 Å². The van der Waals surface area contributed by atoms with Crippen LogP contribution in [-0.4, -0.2) is 34.0 Å². The van der Waals surface area contributed by atoms with E-state index in [-0.39, 0.29) is 17.9 Å². The van der Waals surface area contributed by atoms with Gasteiger partial charge in [-0.1, -0.05) is 11.6 Å². The van der Waals surface area contributed by atoms with Gasteiger partial charge in [-0.25, -0.2) is 5.10 Å². The molecule has 6 nitrogen and oxygen atoms in total. The van der Waals surface area contributed by atoms with Gasteiger partial charge in [-0.2, -0.15) is 4.98 Å². The summed E-state index contributed by atoms with van der Waals surface area (Å²) in [5.41, 5.74) is 0. The van der Waals surface area contributed by atoms with Gasteiger partial charge in [0, 0.05) is 10.6 Å². The molecule has 1 amide bonds. The Bertz CT molecular complexity index is 557. The normalized spacial score (nSPS) is 10.4. The third-order valence-corrected chi connectivity index (χ3v) is 4.41. The Kier molecular flexibility index (Phi) is 5.06. The van der Waals surface area contributed by atoms with Crippen LogP contribution in [0.25, 0.3) is 0 Å². The summed E-state index contributed by atoms with van der Waals surface area (Å²) in [6, 6.07) is 4.00. The van der Waals surface area contributed by atoms with Gasteiger partial charge in [0.15, 0.2) is 0 Å². The fourth-order valence-corrected chi connectivity index (χ4v) is 3.26. The van der Waals surface area contributed by atoms with E-state index < -0.39 is 0 Å². The Hall–Kier alpha value is -1.25. The molecule has 0 unspecified atom stereocenters. The maximum atomic E-state index is 11.6. The molecule has 2 heterocycles. The first-order chi connectivity index (χ1) is 9.17. The van der Waals surface area contributed by atoms with Crippen molar-refractivity contribution in [1.82, 2.24) is 15.2 Å². The lowest BCUT2D eigenvalue weighted by Crippen LogP contribution is -2.15. The van der Waals surface area contributed by atoms with Crippen LogP contribution in [0.3, 0.4) is 0 Å². The highest BCUT2D eigenvalue weighted by Crippen LogP contribution is 2.25. The number of carbonyl (C=O) groups excluding carboxylic acids is 1. The van der Waals surface area contributed by atoms with Crippen molar-refractivity contribution < 1.29 is 9.53 Å². The van der Waals surface area contributed by atoms with E-state index in [0.717, 1.165) is 15.0 Å². The lowest BCUT2D eigenvalue weighted by Gasteiger charge is -2.00. The summed E-state index contributed by atoms with van der Waals surface area (Å²) in [5, 5.41) is 8.88. The van der Waals surface area contributed by atoms with Gasteiger partial charge in [-0.05, 0) is 12.1 Å². The van der Waals surface area contributed by atoms with Crippen molar-refractivity contribution in [2.24, 2.45) is 0 Å². The predicted octanol–water partition coefficient (Wildman–Crippen LogP) is 2.40. The minimum Gasteiger partial charge on any atom is -0.466 e. The van der Waals surface area contributed by atoms with E-state index in [1.807, 2.05) is 12.1 Å². The number of thiophene rings is 1. The van der Waals surface area contributed by atoms with Gasteiger partial charge in [-0.3, -0.25) is 10.1 Å². The van der Waals surface area contributed by atoms with Gasteiger partial charge >= 0.3 is 6.01 Å². The number of hydrogen-bond acceptors (Lipinski definition) is 6. The summed E-state index contributed by atoms with van der Waals surface area (Å²) in [6.45, 7) is 0. The number of aromatic amines is 1. The zero-order valence-electron chi connectivity index (χ0n) is 9.97. The Morgan fingerprint density at radius 3 is 3.11 bits per heavy atom. The van der Waals surface area contributed by atoms with Crippen molar-refractivity contribution in [2.45, 2.75) is 5.75 Å². The molecule has 2 aromatic heterocycles. The molecule has 0 fully saturated rings. The lowest BCUT2D eigenvalue weighted by atomic mass is 10.5. The molecule has 9 heteroatoms. The molecular weight excluding hydrogens is 308 g/mol. The van der Waals surface area contributed by atoms with Crippen molar-refractivity contribution in [3.8, 4) is 6.01 Å². The predicted molar refractivity (Wildman–Crippen MR) is 77.1 cm³/mol. The first kappa shape index (κ1) is 14.2. The molecule has 2 N–H and O–H groups in total. The number of H-pyrrole nitrogens is 1. The molecule has 2 rings (SSSR count). The molecule has 2 aromatic rings. The quantitative estimate of drug-likeness (QED) is 0.855. The second-order valence-corrected chi connectivity index (χ2v) is 6.20. The maximum absolute atomic E-state index is 11.6. The fourth-order valence-electron chi connectivity index (χ4n) is 1.24. The van der Waals surface area contributed by atoms with E-state index in [9.17, 15) is 4.79 Å². The van der Waals surface area contributed by atoms with Gasteiger partial charge in [-0.15, -0.1) is 28.2 Å². The van der Waals surface area contributed by atoms with Crippen LogP contribution >= 0.6 is 34.7 Å². The summed E-state index contributed by atoms with van der Waals surface area (Å²) < 4.78 is 5.55. The first-order valence-electron chi connectivity index (χ1n) is 5.25. The van der Waals surface area contributed by atoms with Crippen LogP contribution in [0.5, 0.6) is 6.01 Å². The zero-order chi connectivity index (χ0) is 13.7. The van der Waals surface area contributed by atoms with E-state index in [1.54, 1.807) is 0 Å². The van der Waals surface area contributed by atoms with Crippen LogP contribution in [0, 0.1) is 0 Å². The van der Waals surface area contributed by atoms with E-state index in [0.29, 0.717) is 5.75 Å². The number of anilines is 1. The minimum atomic E-state index is -0.147. The molecule has 0 saturated heterocycles. The molecule has 0 atom stereocenters. The molecule has 102 valence electrons. The summed E-state index contributed by atoms with van der Waals surface area (Å²) in [6.07, 6.45) is 0. The molecule has 19 heavy (non-hydrogen) atoms. The highest BCUT2D eigenvalue weighted by molar-refractivity contribution is 7.99. The van der Waals surface area contributed by atoms with Crippen LogP contribution < -0.4 is 10.1 Å². The monoisotopic (exact) mass is 318 g/mol. The van der Waals surface area contributed by atoms with E-state index in [4.69, 9.17) is 16.3 Å². The second-order valence-electron chi connectivity index (χ2n) is 3.42. The van der Waals surface area contributed by atoms with Crippen molar-refractivity contribution in [3.63, 3.8) is 0 Å². The lowest BCUT2D eigenvalue weighted by molar-refractivity contribution is -0.113. The Balaban J connectivity index is 1.72. The topological polar surface area (TPSA) is 79.9 Å². The number of thioether (sulfide) groups is 1. The first-order valence-corrected chi connectivity index (χ1v) is 7.60. The third kappa shape index (κ3) is 4.41. The molecule has 0 aromatic carbocycles. The number of halogens is 1. The molecule has 0 bridgehead atoms. The van der Waals surface area contributed by atoms with Crippen LogP contribution in [0.1, 0.15) is 4.88 Å². The molecule has 0 aliphatic carbocycles. The minimum absolute atomic E-state index is 0.147. The van der Waals surface area contributed by atoms with E-state index in [2.05, 4.69) is 20.5 Å². The fraction of sp³-hybridized carbons (Fsp3) is 0.300. The summed E-state index contributed by atoms with van der Waals surface area (Å²) in [4.78, 5) is 16.7. The number of nitrogens with zero attached hydrogens (tertiary/aromatic N) is 2. The molecule has 0 aliphatic heterocycles. The highest BCUT2D eigenvalue weighted by atomic mass is 35.5. The van der Waals surface area contributed by atoms with Crippen molar-refractivity contribution in [1.29, 1.82) is 0 Å². The Morgan fingerprint density at radius 2 is 2.47 bits per heavy atom. The van der Waals surface area contributed by atoms with Crippen LogP contribution in [-0.2, 0) is 10.5 Å². The number of methoxy groups -OCH3 is 1.